The number of hydrogen-bond donors (Lipinski definition) is 1. The van der Waals surface area contributed by atoms with Crippen LogP contribution in [0.2, 0.25) is 0 Å². The molecule has 0 aliphatic heterocycles. The zero-order valence-electron chi connectivity index (χ0n) is 23.0. The maximum absolute atomic E-state index is 14.1. The summed E-state index contributed by atoms with van der Waals surface area (Å²) in [4.78, 5) is 30.4. The maximum atomic E-state index is 14.1. The van der Waals surface area contributed by atoms with Gasteiger partial charge in [-0.1, -0.05) is 6.07 Å². The highest BCUT2D eigenvalue weighted by molar-refractivity contribution is 6.06. The molecule has 0 bridgehead atoms. The maximum Gasteiger partial charge on any atom is 0.435 e. The quantitative estimate of drug-likeness (QED) is 0.271. The first-order valence-electron chi connectivity index (χ1n) is 13.4. The number of amides is 1. The van der Waals surface area contributed by atoms with E-state index in [1.807, 2.05) is 0 Å². The third kappa shape index (κ3) is 5.29. The van der Waals surface area contributed by atoms with Gasteiger partial charge in [0.25, 0.3) is 5.91 Å². The molecule has 0 saturated carbocycles. The van der Waals surface area contributed by atoms with Gasteiger partial charge in [0.1, 0.15) is 17.7 Å². The molecule has 1 unspecified atom stereocenters. The second-order valence-corrected chi connectivity index (χ2v) is 10.2. The molecule has 1 atom stereocenters. The predicted octanol–water partition coefficient (Wildman–Crippen LogP) is 5.67. The number of aryl methyl sites for hydroxylation is 1. The molecule has 3 heterocycles. The number of alkyl halides is 3. The highest BCUT2D eigenvalue weighted by Crippen LogP contribution is 2.42. The molecule has 1 aliphatic carbocycles. The molecule has 0 radical (unpaired) electrons. The van der Waals surface area contributed by atoms with Gasteiger partial charge in [-0.25, -0.2) is 19.0 Å². The Kier molecular flexibility index (Phi) is 6.87. The van der Waals surface area contributed by atoms with E-state index in [0.717, 1.165) is 0 Å². The van der Waals surface area contributed by atoms with Crippen molar-refractivity contribution in [3.8, 4) is 11.4 Å². The molecule has 3 aromatic heterocycles. The summed E-state index contributed by atoms with van der Waals surface area (Å²) in [5.41, 5.74) is 1.03. The Hall–Kier alpha value is -5.20. The number of aromatic nitrogens is 5. The fraction of sp³-hybridized carbons (Fsp3) is 0.233. The van der Waals surface area contributed by atoms with Crippen molar-refractivity contribution < 1.29 is 32.6 Å². The number of carboxylic acid groups (broad SMARTS) is 1. The highest BCUT2D eigenvalue weighted by Gasteiger charge is 2.42. The van der Waals surface area contributed by atoms with Crippen LogP contribution in [0.25, 0.3) is 11.3 Å². The molecular weight excluding hydrogens is 565 g/mol. The third-order valence-electron chi connectivity index (χ3n) is 7.32. The van der Waals surface area contributed by atoms with Crippen LogP contribution in [0.1, 0.15) is 62.4 Å². The second-order valence-electron chi connectivity index (χ2n) is 10.2. The normalized spacial score (nSPS) is 14.9. The Morgan fingerprint density at radius 1 is 1.05 bits per heavy atom. The van der Waals surface area contributed by atoms with Crippen molar-refractivity contribution in [2.24, 2.45) is 0 Å². The van der Waals surface area contributed by atoms with Crippen molar-refractivity contribution in [3.05, 3.63) is 101 Å². The Bertz CT molecular complexity index is 1860. The predicted molar refractivity (Wildman–Crippen MR) is 149 cm³/mol. The number of pyridine rings is 1. The zero-order chi connectivity index (χ0) is 30.5. The van der Waals surface area contributed by atoms with Crippen LogP contribution in [0.4, 0.5) is 18.9 Å². The lowest BCUT2D eigenvalue weighted by Crippen LogP contribution is -2.26. The van der Waals surface area contributed by atoms with Gasteiger partial charge in [0.15, 0.2) is 11.3 Å². The molecule has 0 spiro atoms. The minimum atomic E-state index is -4.70. The van der Waals surface area contributed by atoms with Crippen molar-refractivity contribution in [1.82, 2.24) is 24.4 Å². The summed E-state index contributed by atoms with van der Waals surface area (Å²) >= 11 is 0. The van der Waals surface area contributed by atoms with E-state index in [-0.39, 0.29) is 40.4 Å². The number of halogens is 3. The van der Waals surface area contributed by atoms with Gasteiger partial charge in [0.05, 0.1) is 28.8 Å². The van der Waals surface area contributed by atoms with Gasteiger partial charge in [0.2, 0.25) is 0 Å². The number of nitrogens with zero attached hydrogens (tertiary/aromatic N) is 6. The minimum Gasteiger partial charge on any atom is -0.484 e. The number of rotatable bonds is 6. The fourth-order valence-electron chi connectivity index (χ4n) is 5.28. The first-order valence-corrected chi connectivity index (χ1v) is 13.4. The standard InChI is InChI=1S/C30H25F3N6O4/c1-17-34-25-14-11-21(16-38(25)35-17)37(2)28(40)19-5-3-6-20(15-19)39-26-23(27(36-39)30(31,32)33)7-4-8-24(26)43-22-12-9-18(10-13-22)29(41)42/h3,5-6,9-16,24H,4,7-8H2,1-2H3,(H,41,42). The van der Waals surface area contributed by atoms with Crippen LogP contribution < -0.4 is 9.64 Å². The van der Waals surface area contributed by atoms with E-state index in [4.69, 9.17) is 4.74 Å². The number of hydrogen-bond acceptors (Lipinski definition) is 6. The molecule has 0 saturated heterocycles. The first kappa shape index (κ1) is 27.9. The van der Waals surface area contributed by atoms with E-state index in [1.54, 1.807) is 55.0 Å². The SMILES string of the molecule is Cc1nc2ccc(N(C)C(=O)c3cccc(-n4nc(C(F)(F)F)c5c4C(Oc4ccc(C(=O)O)cc4)CCC5)c3)cn2n1. The van der Waals surface area contributed by atoms with Crippen LogP contribution in [0, 0.1) is 6.92 Å². The van der Waals surface area contributed by atoms with Gasteiger partial charge >= 0.3 is 12.1 Å². The largest absolute Gasteiger partial charge is 0.484 e. The van der Waals surface area contributed by atoms with Crippen LogP contribution in [-0.2, 0) is 12.6 Å². The van der Waals surface area contributed by atoms with Crippen LogP contribution >= 0.6 is 0 Å². The van der Waals surface area contributed by atoms with E-state index >= 15 is 0 Å². The number of carbonyl (C=O) groups is 2. The summed E-state index contributed by atoms with van der Waals surface area (Å²) in [6, 6.07) is 15.4. The molecule has 13 heteroatoms. The number of fused-ring (bicyclic) bond motifs is 2. The van der Waals surface area contributed by atoms with E-state index < -0.39 is 23.9 Å². The van der Waals surface area contributed by atoms with E-state index in [9.17, 15) is 27.9 Å². The van der Waals surface area contributed by atoms with Crippen molar-refractivity contribution in [1.29, 1.82) is 0 Å². The number of carboxylic acids is 1. The second kappa shape index (κ2) is 10.6. The Morgan fingerprint density at radius 2 is 1.81 bits per heavy atom. The van der Waals surface area contributed by atoms with Crippen LogP contribution in [-0.4, -0.2) is 48.4 Å². The van der Waals surface area contributed by atoms with E-state index in [0.29, 0.717) is 35.8 Å². The van der Waals surface area contributed by atoms with Crippen molar-refractivity contribution >= 4 is 23.2 Å². The van der Waals surface area contributed by atoms with Gasteiger partial charge in [-0.05, 0) is 80.8 Å². The van der Waals surface area contributed by atoms with Gasteiger partial charge in [-0.2, -0.15) is 23.4 Å². The lowest BCUT2D eigenvalue weighted by atomic mass is 9.92. The fourth-order valence-corrected chi connectivity index (χ4v) is 5.28. The number of carbonyl (C=O) groups excluding carboxylic acids is 1. The number of ether oxygens (including phenoxy) is 1. The van der Waals surface area contributed by atoms with E-state index in [1.165, 1.54) is 39.9 Å². The summed E-state index contributed by atoms with van der Waals surface area (Å²) < 4.78 is 51.3. The molecular formula is C30H25F3N6O4. The van der Waals surface area contributed by atoms with Gasteiger partial charge in [-0.15, -0.1) is 0 Å². The molecule has 1 amide bonds. The Balaban J connectivity index is 1.37. The summed E-state index contributed by atoms with van der Waals surface area (Å²) in [5, 5.41) is 17.5. The van der Waals surface area contributed by atoms with Crippen LogP contribution in [0.3, 0.4) is 0 Å². The lowest BCUT2D eigenvalue weighted by Gasteiger charge is -2.26. The summed E-state index contributed by atoms with van der Waals surface area (Å²) in [5.74, 6) is -0.594. The number of aromatic carboxylic acids is 1. The molecule has 220 valence electrons. The number of anilines is 1. The van der Waals surface area contributed by atoms with Gasteiger partial charge < -0.3 is 14.7 Å². The molecule has 5 aromatic rings. The highest BCUT2D eigenvalue weighted by atomic mass is 19.4. The average Bonchev–Trinajstić information content (AvgIpc) is 3.57. The number of benzene rings is 2. The Morgan fingerprint density at radius 3 is 2.53 bits per heavy atom. The summed E-state index contributed by atoms with van der Waals surface area (Å²) in [6.07, 6.45) is -2.80. The summed E-state index contributed by atoms with van der Waals surface area (Å²) in [7, 11) is 1.59. The first-order chi connectivity index (χ1) is 20.5. The minimum absolute atomic E-state index is 0.0381. The smallest absolute Gasteiger partial charge is 0.435 e. The van der Waals surface area contributed by atoms with Crippen molar-refractivity contribution in [2.45, 2.75) is 38.5 Å². The molecule has 1 aliphatic rings. The molecule has 2 aromatic carbocycles. The van der Waals surface area contributed by atoms with Crippen LogP contribution in [0.15, 0.2) is 66.9 Å². The molecule has 6 rings (SSSR count). The molecule has 1 N–H and O–H groups in total. The lowest BCUT2D eigenvalue weighted by molar-refractivity contribution is -0.142. The molecule has 0 fully saturated rings. The van der Waals surface area contributed by atoms with Gasteiger partial charge in [-0.3, -0.25) is 4.79 Å². The molecule has 10 nitrogen and oxygen atoms in total. The topological polar surface area (TPSA) is 115 Å². The molecule has 43 heavy (non-hydrogen) atoms. The Labute approximate surface area is 243 Å². The van der Waals surface area contributed by atoms with Crippen LogP contribution in [0.5, 0.6) is 5.75 Å². The summed E-state index contributed by atoms with van der Waals surface area (Å²) in [6.45, 7) is 1.76. The van der Waals surface area contributed by atoms with E-state index in [2.05, 4.69) is 15.2 Å². The zero-order valence-corrected chi connectivity index (χ0v) is 23.0. The van der Waals surface area contributed by atoms with Crippen molar-refractivity contribution in [2.75, 3.05) is 11.9 Å². The van der Waals surface area contributed by atoms with Gasteiger partial charge in [0, 0.05) is 18.2 Å². The monoisotopic (exact) mass is 590 g/mol. The van der Waals surface area contributed by atoms with Crippen molar-refractivity contribution in [3.63, 3.8) is 0 Å². The third-order valence-corrected chi connectivity index (χ3v) is 7.32. The average molecular weight is 591 g/mol.